The predicted molar refractivity (Wildman–Crippen MR) is 59.2 cm³/mol. The summed E-state index contributed by atoms with van der Waals surface area (Å²) >= 11 is 0. The number of benzene rings is 1. The van der Waals surface area contributed by atoms with Gasteiger partial charge in [-0.1, -0.05) is 24.3 Å². The Morgan fingerprint density at radius 2 is 2.15 bits per heavy atom. The van der Waals surface area contributed by atoms with Gasteiger partial charge < -0.3 is 5.32 Å². The third-order valence-corrected chi connectivity index (χ3v) is 2.11. The highest BCUT2D eigenvalue weighted by molar-refractivity contribution is 5.53. The maximum atomic E-state index is 3.21. The van der Waals surface area contributed by atoms with Crippen LogP contribution < -0.4 is 5.32 Å². The van der Waals surface area contributed by atoms with Gasteiger partial charge in [-0.2, -0.15) is 0 Å². The summed E-state index contributed by atoms with van der Waals surface area (Å²) in [7, 11) is 1.97. The molecule has 0 saturated heterocycles. The number of hydrogen-bond acceptors (Lipinski definition) is 1. The Hall–Kier alpha value is -1.24. The maximum absolute atomic E-state index is 3.21. The first-order valence-corrected chi connectivity index (χ1v) is 4.66. The first kappa shape index (κ1) is 9.85. The van der Waals surface area contributed by atoms with E-state index in [9.17, 15) is 0 Å². The highest BCUT2D eigenvalue weighted by Gasteiger charge is 1.98. The van der Waals surface area contributed by atoms with Crippen LogP contribution in [0.3, 0.4) is 0 Å². The summed E-state index contributed by atoms with van der Waals surface area (Å²) in [4.78, 5) is 0. The molecule has 0 atom stereocenters. The van der Waals surface area contributed by atoms with Crippen molar-refractivity contribution >= 4 is 5.69 Å². The zero-order valence-electron chi connectivity index (χ0n) is 8.59. The summed E-state index contributed by atoms with van der Waals surface area (Å²) in [5.41, 5.74) is 3.89. The van der Waals surface area contributed by atoms with Gasteiger partial charge in [0.05, 0.1) is 0 Å². The molecular formula is C12H17N. The quantitative estimate of drug-likeness (QED) is 0.696. The summed E-state index contributed by atoms with van der Waals surface area (Å²) < 4.78 is 0. The molecule has 0 aliphatic rings. The molecule has 1 N–H and O–H groups in total. The smallest absolute Gasteiger partial charge is 0.0375 e. The van der Waals surface area contributed by atoms with Gasteiger partial charge >= 0.3 is 0 Å². The van der Waals surface area contributed by atoms with Gasteiger partial charge in [0.1, 0.15) is 0 Å². The van der Waals surface area contributed by atoms with E-state index < -0.39 is 0 Å². The largest absolute Gasteiger partial charge is 0.388 e. The van der Waals surface area contributed by atoms with E-state index in [-0.39, 0.29) is 0 Å². The Bertz CT molecular complexity index is 300. The molecule has 1 heteroatoms. The van der Waals surface area contributed by atoms with Gasteiger partial charge in [0.25, 0.3) is 0 Å². The van der Waals surface area contributed by atoms with Gasteiger partial charge in [0, 0.05) is 12.7 Å². The average molecular weight is 175 g/mol. The number of aryl methyl sites for hydroxylation is 1. The number of nitrogens with one attached hydrogen (secondary N) is 1. The van der Waals surface area contributed by atoms with Crippen LogP contribution in [-0.4, -0.2) is 7.05 Å². The van der Waals surface area contributed by atoms with Gasteiger partial charge in [-0.15, -0.1) is 0 Å². The van der Waals surface area contributed by atoms with Crippen LogP contribution in [0.2, 0.25) is 0 Å². The van der Waals surface area contributed by atoms with Gasteiger partial charge in [0.15, 0.2) is 0 Å². The van der Waals surface area contributed by atoms with Gasteiger partial charge in [0.2, 0.25) is 0 Å². The van der Waals surface area contributed by atoms with Gasteiger partial charge in [-0.05, 0) is 37.5 Å². The minimum atomic E-state index is 1.01. The summed E-state index contributed by atoms with van der Waals surface area (Å²) in [5, 5.41) is 3.21. The van der Waals surface area contributed by atoms with Gasteiger partial charge in [-0.3, -0.25) is 0 Å². The number of allylic oxidation sites excluding steroid dienone is 2. The van der Waals surface area contributed by atoms with Crippen LogP contribution >= 0.6 is 0 Å². The molecule has 0 unspecified atom stereocenters. The molecule has 1 aromatic rings. The minimum Gasteiger partial charge on any atom is -0.388 e. The van der Waals surface area contributed by atoms with E-state index in [4.69, 9.17) is 0 Å². The lowest BCUT2D eigenvalue weighted by Gasteiger charge is -2.07. The van der Waals surface area contributed by atoms with Crippen LogP contribution in [-0.2, 0) is 6.42 Å². The van der Waals surface area contributed by atoms with Crippen molar-refractivity contribution in [3.8, 4) is 0 Å². The molecule has 1 nitrogen and oxygen atoms in total. The van der Waals surface area contributed by atoms with Crippen molar-refractivity contribution in [2.24, 2.45) is 0 Å². The molecule has 0 aliphatic carbocycles. The van der Waals surface area contributed by atoms with Crippen molar-refractivity contribution in [3.05, 3.63) is 41.5 Å². The molecule has 13 heavy (non-hydrogen) atoms. The van der Waals surface area contributed by atoms with Gasteiger partial charge in [-0.25, -0.2) is 0 Å². The molecule has 0 heterocycles. The molecule has 0 fully saturated rings. The minimum absolute atomic E-state index is 1.01. The molecule has 0 spiro atoms. The maximum Gasteiger partial charge on any atom is 0.0375 e. The summed E-state index contributed by atoms with van der Waals surface area (Å²) in [6.45, 7) is 4.16. The second-order valence-electron chi connectivity index (χ2n) is 3.18. The number of hydrogen-bond donors (Lipinski definition) is 1. The van der Waals surface area contributed by atoms with E-state index in [2.05, 4.69) is 42.6 Å². The van der Waals surface area contributed by atoms with Crippen molar-refractivity contribution in [2.45, 2.75) is 20.3 Å². The second-order valence-corrected chi connectivity index (χ2v) is 3.18. The Morgan fingerprint density at radius 1 is 1.38 bits per heavy atom. The van der Waals surface area contributed by atoms with Crippen molar-refractivity contribution < 1.29 is 0 Å². The molecule has 1 rings (SSSR count). The van der Waals surface area contributed by atoms with E-state index in [1.165, 1.54) is 16.8 Å². The molecule has 70 valence electrons. The Kier molecular flexibility index (Phi) is 3.56. The summed E-state index contributed by atoms with van der Waals surface area (Å²) in [6, 6.07) is 6.51. The topological polar surface area (TPSA) is 12.0 Å². The van der Waals surface area contributed by atoms with Crippen molar-refractivity contribution in [1.29, 1.82) is 0 Å². The lowest BCUT2D eigenvalue weighted by atomic mass is 10.1. The average Bonchev–Trinajstić information content (AvgIpc) is 2.16. The molecule has 0 amide bonds. The predicted octanol–water partition coefficient (Wildman–Crippen LogP) is 3.16. The molecule has 0 radical (unpaired) electrons. The van der Waals surface area contributed by atoms with Crippen molar-refractivity contribution in [3.63, 3.8) is 0 Å². The monoisotopic (exact) mass is 175 g/mol. The van der Waals surface area contributed by atoms with Crippen LogP contribution in [0.5, 0.6) is 0 Å². The summed E-state index contributed by atoms with van der Waals surface area (Å²) in [5.74, 6) is 0. The lowest BCUT2D eigenvalue weighted by Crippen LogP contribution is -1.94. The number of anilines is 1. The molecule has 0 saturated carbocycles. The van der Waals surface area contributed by atoms with Crippen LogP contribution in [0, 0.1) is 6.92 Å². The Balaban J connectivity index is 2.92. The van der Waals surface area contributed by atoms with E-state index in [1.807, 2.05) is 14.0 Å². The van der Waals surface area contributed by atoms with E-state index in [0.717, 1.165) is 6.42 Å². The lowest BCUT2D eigenvalue weighted by molar-refractivity contribution is 1.24. The van der Waals surface area contributed by atoms with E-state index >= 15 is 0 Å². The zero-order valence-corrected chi connectivity index (χ0v) is 8.59. The molecular weight excluding hydrogens is 158 g/mol. The van der Waals surface area contributed by atoms with Crippen molar-refractivity contribution in [1.82, 2.24) is 0 Å². The zero-order chi connectivity index (χ0) is 9.68. The Labute approximate surface area is 80.5 Å². The molecule has 1 aromatic carbocycles. The fourth-order valence-corrected chi connectivity index (χ4v) is 1.35. The van der Waals surface area contributed by atoms with Crippen LogP contribution in [0.15, 0.2) is 30.4 Å². The SMILES string of the molecule is C/C=C/Cc1ccc(C)cc1NC. The first-order chi connectivity index (χ1) is 6.27. The molecule has 0 aromatic heterocycles. The molecule has 0 bridgehead atoms. The Morgan fingerprint density at radius 3 is 2.77 bits per heavy atom. The number of rotatable bonds is 3. The highest BCUT2D eigenvalue weighted by Crippen LogP contribution is 2.17. The third-order valence-electron chi connectivity index (χ3n) is 2.11. The second kappa shape index (κ2) is 4.70. The van der Waals surface area contributed by atoms with Crippen molar-refractivity contribution in [2.75, 3.05) is 12.4 Å². The van der Waals surface area contributed by atoms with Crippen LogP contribution in [0.4, 0.5) is 5.69 Å². The summed E-state index contributed by atoms with van der Waals surface area (Å²) in [6.07, 6.45) is 5.26. The van der Waals surface area contributed by atoms with Crippen LogP contribution in [0.25, 0.3) is 0 Å². The fraction of sp³-hybridized carbons (Fsp3) is 0.333. The fourth-order valence-electron chi connectivity index (χ4n) is 1.35. The van der Waals surface area contributed by atoms with E-state index in [1.54, 1.807) is 0 Å². The third kappa shape index (κ3) is 2.62. The highest BCUT2D eigenvalue weighted by atomic mass is 14.8. The van der Waals surface area contributed by atoms with E-state index in [0.29, 0.717) is 0 Å². The standard InChI is InChI=1S/C12H17N/c1-4-5-6-11-8-7-10(2)9-12(11)13-3/h4-5,7-9,13H,6H2,1-3H3/b5-4+. The normalized spacial score (nSPS) is 10.7. The first-order valence-electron chi connectivity index (χ1n) is 4.66. The molecule has 0 aliphatic heterocycles. The van der Waals surface area contributed by atoms with Crippen LogP contribution in [0.1, 0.15) is 18.1 Å².